The largest absolute Gasteiger partial charge is 0.454 e. The molecule has 0 bridgehead atoms. The zero-order valence-corrected chi connectivity index (χ0v) is 15.1. The van der Waals surface area contributed by atoms with E-state index in [1.807, 2.05) is 49.2 Å². The Balaban J connectivity index is 1.52. The van der Waals surface area contributed by atoms with Gasteiger partial charge in [0, 0.05) is 18.0 Å². The highest BCUT2D eigenvalue weighted by molar-refractivity contribution is 7.16. The van der Waals surface area contributed by atoms with Crippen molar-refractivity contribution in [1.29, 1.82) is 0 Å². The van der Waals surface area contributed by atoms with Gasteiger partial charge in [-0.1, -0.05) is 17.7 Å². The smallest absolute Gasteiger partial charge is 0.237 e. The Bertz CT molecular complexity index is 734. The Labute approximate surface area is 150 Å². The second-order valence-electron chi connectivity index (χ2n) is 5.70. The minimum Gasteiger partial charge on any atom is -0.454 e. The van der Waals surface area contributed by atoms with E-state index in [0.717, 1.165) is 26.3 Å². The molecule has 0 saturated carbocycles. The third kappa shape index (κ3) is 4.01. The van der Waals surface area contributed by atoms with Gasteiger partial charge in [-0.2, -0.15) is 0 Å². The molecule has 7 heteroatoms. The molecule has 0 aliphatic carbocycles. The van der Waals surface area contributed by atoms with E-state index in [4.69, 9.17) is 21.1 Å². The fourth-order valence-corrected chi connectivity index (χ4v) is 3.56. The van der Waals surface area contributed by atoms with Crippen molar-refractivity contribution in [1.82, 2.24) is 10.2 Å². The van der Waals surface area contributed by atoms with Crippen LogP contribution >= 0.6 is 22.9 Å². The van der Waals surface area contributed by atoms with Gasteiger partial charge in [0.15, 0.2) is 11.5 Å². The Morgan fingerprint density at radius 2 is 2.12 bits per heavy atom. The molecule has 0 spiro atoms. The minimum absolute atomic E-state index is 0.0159. The first-order valence-corrected chi connectivity index (χ1v) is 8.83. The lowest BCUT2D eigenvalue weighted by Gasteiger charge is -2.23. The zero-order valence-electron chi connectivity index (χ0n) is 13.5. The number of likely N-dealkylation sites (N-methyl/N-ethyl adjacent to an activating group) is 1. The van der Waals surface area contributed by atoms with E-state index in [0.29, 0.717) is 13.1 Å². The van der Waals surface area contributed by atoms with E-state index in [2.05, 4.69) is 5.32 Å². The molecule has 1 atom stereocenters. The lowest BCUT2D eigenvalue weighted by Crippen LogP contribution is -2.42. The van der Waals surface area contributed by atoms with Gasteiger partial charge in [0.2, 0.25) is 12.7 Å². The molecule has 24 heavy (non-hydrogen) atoms. The van der Waals surface area contributed by atoms with E-state index in [1.165, 1.54) is 11.3 Å². The van der Waals surface area contributed by atoms with E-state index >= 15 is 0 Å². The summed E-state index contributed by atoms with van der Waals surface area (Å²) in [5, 5.41) is 2.96. The quantitative estimate of drug-likeness (QED) is 0.852. The van der Waals surface area contributed by atoms with Crippen molar-refractivity contribution < 1.29 is 14.3 Å². The van der Waals surface area contributed by atoms with E-state index < -0.39 is 0 Å². The average Bonchev–Trinajstić information content (AvgIpc) is 3.19. The van der Waals surface area contributed by atoms with Gasteiger partial charge in [0.25, 0.3) is 0 Å². The first-order chi connectivity index (χ1) is 11.5. The second-order valence-corrected chi connectivity index (χ2v) is 7.50. The Morgan fingerprint density at radius 3 is 2.88 bits per heavy atom. The average molecular weight is 367 g/mol. The number of nitrogens with zero attached hydrogens (tertiary/aromatic N) is 1. The maximum absolute atomic E-state index is 12.4. The molecular weight excluding hydrogens is 348 g/mol. The van der Waals surface area contributed by atoms with Crippen molar-refractivity contribution in [2.75, 3.05) is 13.8 Å². The Hall–Kier alpha value is -1.76. The lowest BCUT2D eigenvalue weighted by atomic mass is 10.2. The SMILES string of the molecule is C[C@H](C(=O)NCc1ccc2c(c1)OCO2)N(C)Cc1ccc(Cl)s1. The van der Waals surface area contributed by atoms with E-state index in [9.17, 15) is 4.79 Å². The molecule has 0 unspecified atom stereocenters. The van der Waals surface area contributed by atoms with Gasteiger partial charge in [0.1, 0.15) is 0 Å². The van der Waals surface area contributed by atoms with Crippen LogP contribution in [0.5, 0.6) is 11.5 Å². The topological polar surface area (TPSA) is 50.8 Å². The summed E-state index contributed by atoms with van der Waals surface area (Å²) in [6.45, 7) is 3.29. The van der Waals surface area contributed by atoms with Crippen LogP contribution in [0.3, 0.4) is 0 Å². The summed E-state index contributed by atoms with van der Waals surface area (Å²) in [5.74, 6) is 1.45. The third-order valence-electron chi connectivity index (χ3n) is 3.98. The van der Waals surface area contributed by atoms with Gasteiger partial charge in [-0.25, -0.2) is 0 Å². The molecule has 1 amide bonds. The molecule has 1 aliphatic rings. The van der Waals surface area contributed by atoms with Crippen LogP contribution in [-0.4, -0.2) is 30.7 Å². The zero-order chi connectivity index (χ0) is 17.1. The molecule has 2 aromatic rings. The number of carbonyl (C=O) groups excluding carboxylic acids is 1. The number of amides is 1. The number of carbonyl (C=O) groups is 1. The molecule has 2 heterocycles. The highest BCUT2D eigenvalue weighted by atomic mass is 35.5. The van der Waals surface area contributed by atoms with Crippen LogP contribution in [0.15, 0.2) is 30.3 Å². The number of hydrogen-bond acceptors (Lipinski definition) is 5. The molecule has 1 aromatic heterocycles. The summed E-state index contributed by atoms with van der Waals surface area (Å²) in [5.41, 5.74) is 0.979. The van der Waals surface area contributed by atoms with Gasteiger partial charge < -0.3 is 14.8 Å². The van der Waals surface area contributed by atoms with Gasteiger partial charge in [0.05, 0.1) is 10.4 Å². The van der Waals surface area contributed by atoms with Crippen molar-refractivity contribution in [2.24, 2.45) is 0 Å². The van der Waals surface area contributed by atoms with Gasteiger partial charge in [-0.15, -0.1) is 11.3 Å². The van der Waals surface area contributed by atoms with Crippen molar-refractivity contribution in [3.8, 4) is 11.5 Å². The van der Waals surface area contributed by atoms with Crippen molar-refractivity contribution >= 4 is 28.8 Å². The minimum atomic E-state index is -0.236. The monoisotopic (exact) mass is 366 g/mol. The lowest BCUT2D eigenvalue weighted by molar-refractivity contribution is -0.125. The third-order valence-corrected chi connectivity index (χ3v) is 5.19. The number of thiophene rings is 1. The van der Waals surface area contributed by atoms with Crippen LogP contribution in [0.25, 0.3) is 0 Å². The number of nitrogens with one attached hydrogen (secondary N) is 1. The first kappa shape index (κ1) is 17.1. The Morgan fingerprint density at radius 1 is 1.33 bits per heavy atom. The molecule has 1 aromatic carbocycles. The molecular formula is C17H19ClN2O3S. The fraction of sp³-hybridized carbons (Fsp3) is 0.353. The van der Waals surface area contributed by atoms with Crippen LogP contribution in [0, 0.1) is 0 Å². The summed E-state index contributed by atoms with van der Waals surface area (Å²) < 4.78 is 11.4. The molecule has 0 saturated heterocycles. The molecule has 0 radical (unpaired) electrons. The summed E-state index contributed by atoms with van der Waals surface area (Å²) in [6, 6.07) is 9.31. The second kappa shape index (κ2) is 7.42. The maximum Gasteiger partial charge on any atom is 0.237 e. The number of halogens is 1. The van der Waals surface area contributed by atoms with Crippen LogP contribution in [-0.2, 0) is 17.9 Å². The summed E-state index contributed by atoms with van der Waals surface area (Å²) in [4.78, 5) is 15.5. The van der Waals surface area contributed by atoms with Crippen LogP contribution in [0.2, 0.25) is 4.34 Å². The van der Waals surface area contributed by atoms with Crippen molar-refractivity contribution in [2.45, 2.75) is 26.1 Å². The standard InChI is InChI=1S/C17H19ClN2O3S/c1-11(20(2)9-13-4-6-16(18)24-13)17(21)19-8-12-3-5-14-15(7-12)23-10-22-14/h3-7,11H,8-10H2,1-2H3,(H,19,21)/t11-/m1/s1. The van der Waals surface area contributed by atoms with Crippen molar-refractivity contribution in [3.63, 3.8) is 0 Å². The number of rotatable bonds is 6. The van der Waals surface area contributed by atoms with Crippen LogP contribution < -0.4 is 14.8 Å². The van der Waals surface area contributed by atoms with Crippen LogP contribution in [0.1, 0.15) is 17.4 Å². The fourth-order valence-electron chi connectivity index (χ4n) is 2.41. The van der Waals surface area contributed by atoms with E-state index in [1.54, 1.807) is 0 Å². The maximum atomic E-state index is 12.4. The number of hydrogen-bond donors (Lipinski definition) is 1. The summed E-state index contributed by atoms with van der Waals surface area (Å²) in [6.07, 6.45) is 0. The summed E-state index contributed by atoms with van der Waals surface area (Å²) >= 11 is 7.48. The molecule has 3 rings (SSSR count). The van der Waals surface area contributed by atoms with Crippen LogP contribution in [0.4, 0.5) is 0 Å². The number of fused-ring (bicyclic) bond motifs is 1. The molecule has 128 valence electrons. The number of ether oxygens (including phenoxy) is 2. The predicted molar refractivity (Wildman–Crippen MR) is 94.7 cm³/mol. The van der Waals surface area contributed by atoms with E-state index in [-0.39, 0.29) is 18.7 Å². The van der Waals surface area contributed by atoms with Crippen molar-refractivity contribution in [3.05, 3.63) is 45.1 Å². The molecule has 0 fully saturated rings. The van der Waals surface area contributed by atoms with Gasteiger partial charge in [-0.3, -0.25) is 9.69 Å². The predicted octanol–water partition coefficient (Wildman–Crippen LogP) is 3.27. The normalized spacial score (nSPS) is 14.0. The highest BCUT2D eigenvalue weighted by Gasteiger charge is 2.19. The molecule has 1 N–H and O–H groups in total. The molecule has 5 nitrogen and oxygen atoms in total. The number of benzene rings is 1. The highest BCUT2D eigenvalue weighted by Crippen LogP contribution is 2.32. The Kier molecular flexibility index (Phi) is 5.28. The van der Waals surface area contributed by atoms with Gasteiger partial charge >= 0.3 is 0 Å². The summed E-state index contributed by atoms with van der Waals surface area (Å²) in [7, 11) is 1.93. The molecule has 1 aliphatic heterocycles. The van der Waals surface area contributed by atoms with Gasteiger partial charge in [-0.05, 0) is 43.8 Å². The first-order valence-electron chi connectivity index (χ1n) is 7.63.